The van der Waals surface area contributed by atoms with E-state index in [0.29, 0.717) is 25.3 Å². The Morgan fingerprint density at radius 1 is 1.02 bits per heavy atom. The van der Waals surface area contributed by atoms with E-state index in [1.807, 2.05) is 37.3 Å². The first-order chi connectivity index (χ1) is 24.3. The molecule has 1 aromatic heterocycles. The molecule has 10 nitrogen and oxygen atoms in total. The van der Waals surface area contributed by atoms with Crippen LogP contribution in [0.5, 0.6) is 17.2 Å². The van der Waals surface area contributed by atoms with Gasteiger partial charge in [-0.15, -0.1) is 0 Å². The fourth-order valence-electron chi connectivity index (χ4n) is 8.15. The highest BCUT2D eigenvalue weighted by atomic mass is 16.5. The Morgan fingerprint density at radius 3 is 2.58 bits per heavy atom. The molecule has 2 N–H and O–H groups in total. The molecular weight excluding hydrogens is 630 g/mol. The van der Waals surface area contributed by atoms with Crippen LogP contribution in [0.15, 0.2) is 66.7 Å². The van der Waals surface area contributed by atoms with Gasteiger partial charge < -0.3 is 39.2 Å². The minimum Gasteiger partial charge on any atom is -0.504 e. The number of likely N-dealkylation sites (N-methyl/N-ethyl adjacent to an activating group) is 1. The van der Waals surface area contributed by atoms with Crippen LogP contribution in [0, 0.1) is 0 Å². The summed E-state index contributed by atoms with van der Waals surface area (Å²) in [4.78, 5) is 40.3. The number of likely N-dealkylation sites (tertiary alicyclic amines) is 1. The summed E-state index contributed by atoms with van der Waals surface area (Å²) in [5.74, 6) is 1.09. The van der Waals surface area contributed by atoms with E-state index in [2.05, 4.69) is 40.0 Å². The second kappa shape index (κ2) is 14.7. The maximum absolute atomic E-state index is 14.4. The molecule has 3 aromatic carbocycles. The Morgan fingerprint density at radius 2 is 1.80 bits per heavy atom. The summed E-state index contributed by atoms with van der Waals surface area (Å²) >= 11 is 0. The third-order valence-electron chi connectivity index (χ3n) is 10.6. The lowest BCUT2D eigenvalue weighted by molar-refractivity contribution is -0.160. The predicted octanol–water partition coefficient (Wildman–Crippen LogP) is 5.34. The predicted molar refractivity (Wildman–Crippen MR) is 193 cm³/mol. The molecule has 2 amide bonds. The van der Waals surface area contributed by atoms with Crippen LogP contribution in [-0.2, 0) is 22.6 Å². The zero-order valence-electron chi connectivity index (χ0n) is 29.4. The standard InChI is InChI=1S/C40H49N5O5/c1-27(24-42(2)25-28-12-15-30(16-13-28)50-21-9-20-43-18-7-4-8-19-43)44-26-37(47)45-34(40(44)48)23-32-31-10-5-6-11-33(31)41-38(32)39(45)29-14-17-35(46)36(22-29)49-3/h5-6,10-17,22,27,34,39,41,46H,4,7-9,18-21,23-26H2,1-3H3. The average molecular weight is 680 g/mol. The number of nitrogens with zero attached hydrogens (tertiary/aromatic N) is 4. The molecule has 0 spiro atoms. The SMILES string of the molecule is COc1cc(C2c3[nH]c4ccccc4c3CC3C(=O)N(C(C)CN(C)Cc4ccc(OCCCN5CCCCC5)cc4)CC(=O)N32)ccc1O. The number of phenolic OH excluding ortho intramolecular Hbond substituents is 1. The van der Waals surface area contributed by atoms with Crippen molar-refractivity contribution in [3.8, 4) is 17.2 Å². The van der Waals surface area contributed by atoms with E-state index >= 15 is 0 Å². The Kier molecular flexibility index (Phi) is 10.0. The lowest BCUT2D eigenvalue weighted by atomic mass is 9.86. The third kappa shape index (κ3) is 6.91. The molecule has 4 heterocycles. The highest BCUT2D eigenvalue weighted by Gasteiger charge is 2.49. The number of H-pyrrole nitrogens is 1. The first kappa shape index (κ1) is 33.9. The second-order valence-electron chi connectivity index (χ2n) is 14.2. The monoisotopic (exact) mass is 679 g/mol. The Bertz CT molecular complexity index is 1820. The number of ether oxygens (including phenoxy) is 2. The van der Waals surface area contributed by atoms with Gasteiger partial charge in [0.1, 0.15) is 18.3 Å². The highest BCUT2D eigenvalue weighted by molar-refractivity contribution is 5.98. The number of rotatable bonds is 12. The molecule has 3 aliphatic heterocycles. The number of carbonyl (C=O) groups excluding carboxylic acids is 2. The van der Waals surface area contributed by atoms with Crippen molar-refractivity contribution in [2.75, 3.05) is 53.5 Å². The van der Waals surface area contributed by atoms with Gasteiger partial charge in [0, 0.05) is 48.7 Å². The highest BCUT2D eigenvalue weighted by Crippen LogP contribution is 2.44. The van der Waals surface area contributed by atoms with Gasteiger partial charge in [-0.3, -0.25) is 9.59 Å². The topological polar surface area (TPSA) is 102 Å². The summed E-state index contributed by atoms with van der Waals surface area (Å²) in [7, 11) is 3.56. The number of piperazine rings is 1. The summed E-state index contributed by atoms with van der Waals surface area (Å²) in [6, 6.07) is 20.2. The average Bonchev–Trinajstić information content (AvgIpc) is 3.50. The zero-order valence-corrected chi connectivity index (χ0v) is 29.4. The molecule has 264 valence electrons. The molecule has 3 atom stereocenters. The number of amides is 2. The number of aromatic amines is 1. The Hall–Kier alpha value is -4.54. The van der Waals surface area contributed by atoms with Crippen molar-refractivity contribution in [1.82, 2.24) is 24.6 Å². The number of phenols is 1. The number of methoxy groups -OCH3 is 1. The van der Waals surface area contributed by atoms with Crippen LogP contribution in [0.1, 0.15) is 61.0 Å². The van der Waals surface area contributed by atoms with E-state index in [9.17, 15) is 14.7 Å². The molecule has 0 aliphatic carbocycles. The first-order valence-electron chi connectivity index (χ1n) is 18.0. The molecular formula is C40H49N5O5. The van der Waals surface area contributed by atoms with E-state index in [0.717, 1.165) is 53.0 Å². The number of piperidine rings is 1. The van der Waals surface area contributed by atoms with E-state index < -0.39 is 12.1 Å². The van der Waals surface area contributed by atoms with Gasteiger partial charge in [-0.1, -0.05) is 42.8 Å². The van der Waals surface area contributed by atoms with E-state index in [4.69, 9.17) is 9.47 Å². The molecule has 2 fully saturated rings. The molecule has 4 aromatic rings. The van der Waals surface area contributed by atoms with Crippen molar-refractivity contribution in [3.63, 3.8) is 0 Å². The molecule has 3 aliphatic rings. The minimum atomic E-state index is -0.645. The summed E-state index contributed by atoms with van der Waals surface area (Å²) in [6.45, 7) is 7.63. The van der Waals surface area contributed by atoms with Crippen LogP contribution in [0.4, 0.5) is 0 Å². The smallest absolute Gasteiger partial charge is 0.246 e. The van der Waals surface area contributed by atoms with Crippen LogP contribution < -0.4 is 9.47 Å². The van der Waals surface area contributed by atoms with Gasteiger partial charge in [0.05, 0.1) is 19.8 Å². The maximum Gasteiger partial charge on any atom is 0.246 e. The van der Waals surface area contributed by atoms with Crippen molar-refractivity contribution >= 4 is 22.7 Å². The summed E-state index contributed by atoms with van der Waals surface area (Å²) in [5, 5.41) is 11.4. The van der Waals surface area contributed by atoms with Crippen LogP contribution >= 0.6 is 0 Å². The molecule has 0 bridgehead atoms. The van der Waals surface area contributed by atoms with Crippen molar-refractivity contribution in [2.45, 2.75) is 63.7 Å². The number of fused-ring (bicyclic) bond motifs is 4. The third-order valence-corrected chi connectivity index (χ3v) is 10.6. The lowest BCUT2D eigenvalue weighted by Gasteiger charge is -2.48. The maximum atomic E-state index is 14.4. The molecule has 2 saturated heterocycles. The first-order valence-corrected chi connectivity index (χ1v) is 18.0. The minimum absolute atomic E-state index is 0.00934. The Labute approximate surface area is 294 Å². The van der Waals surface area contributed by atoms with Crippen molar-refractivity contribution < 1.29 is 24.2 Å². The van der Waals surface area contributed by atoms with Crippen LogP contribution in [0.2, 0.25) is 0 Å². The number of hydrogen-bond donors (Lipinski definition) is 2. The number of para-hydroxylation sites is 1. The number of carbonyl (C=O) groups is 2. The van der Waals surface area contributed by atoms with Gasteiger partial charge >= 0.3 is 0 Å². The van der Waals surface area contributed by atoms with Crippen molar-refractivity contribution in [2.24, 2.45) is 0 Å². The van der Waals surface area contributed by atoms with Crippen molar-refractivity contribution in [1.29, 1.82) is 0 Å². The second-order valence-corrected chi connectivity index (χ2v) is 14.2. The number of aromatic hydroxyl groups is 1. The quantitative estimate of drug-likeness (QED) is 0.195. The lowest BCUT2D eigenvalue weighted by Crippen LogP contribution is -2.65. The van der Waals surface area contributed by atoms with Crippen molar-refractivity contribution in [3.05, 3.63) is 89.1 Å². The van der Waals surface area contributed by atoms with Crippen LogP contribution in [-0.4, -0.2) is 107 Å². The molecule has 0 radical (unpaired) electrons. The molecule has 50 heavy (non-hydrogen) atoms. The number of nitrogens with one attached hydrogen (secondary N) is 1. The fraction of sp³-hybridized carbons (Fsp3) is 0.450. The summed E-state index contributed by atoms with van der Waals surface area (Å²) in [5.41, 5.74) is 4.84. The van der Waals surface area contributed by atoms with Gasteiger partial charge in [0.2, 0.25) is 11.8 Å². The van der Waals surface area contributed by atoms with Gasteiger partial charge in [-0.05, 0) is 93.3 Å². The van der Waals surface area contributed by atoms with Gasteiger partial charge in [-0.25, -0.2) is 0 Å². The summed E-state index contributed by atoms with van der Waals surface area (Å²) < 4.78 is 11.4. The molecule has 7 rings (SSSR count). The summed E-state index contributed by atoms with van der Waals surface area (Å²) in [6.07, 6.45) is 5.45. The fourth-order valence-corrected chi connectivity index (χ4v) is 8.15. The van der Waals surface area contributed by atoms with Crippen LogP contribution in [0.3, 0.4) is 0 Å². The van der Waals surface area contributed by atoms with Gasteiger partial charge in [0.15, 0.2) is 11.5 Å². The van der Waals surface area contributed by atoms with E-state index in [-0.39, 0.29) is 30.2 Å². The van der Waals surface area contributed by atoms with E-state index in [1.54, 1.807) is 28.0 Å². The molecule has 3 unspecified atom stereocenters. The number of benzene rings is 3. The van der Waals surface area contributed by atoms with Gasteiger partial charge in [-0.2, -0.15) is 0 Å². The molecule has 0 saturated carbocycles. The number of hydrogen-bond acceptors (Lipinski definition) is 7. The normalized spacial score (nSPS) is 20.2. The zero-order chi connectivity index (χ0) is 34.8. The largest absolute Gasteiger partial charge is 0.504 e. The van der Waals surface area contributed by atoms with Gasteiger partial charge in [0.25, 0.3) is 0 Å². The molecule has 10 heteroatoms. The van der Waals surface area contributed by atoms with Crippen LogP contribution in [0.25, 0.3) is 10.9 Å². The number of aromatic nitrogens is 1. The Balaban J connectivity index is 1.02. The van der Waals surface area contributed by atoms with E-state index in [1.165, 1.54) is 45.0 Å².